The normalized spacial score (nSPS) is 16.5. The Bertz CT molecular complexity index is 504. The minimum absolute atomic E-state index is 0.357. The second-order valence-electron chi connectivity index (χ2n) is 7.60. The predicted octanol–water partition coefficient (Wildman–Crippen LogP) is 0.556. The molecule has 0 heterocycles. The number of rotatable bonds is 11. The summed E-state index contributed by atoms with van der Waals surface area (Å²) in [5.74, 6) is 0. The summed E-state index contributed by atoms with van der Waals surface area (Å²) in [7, 11) is 0. The summed E-state index contributed by atoms with van der Waals surface area (Å²) < 4.78 is 0. The summed E-state index contributed by atoms with van der Waals surface area (Å²) in [4.78, 5) is 2.01. The van der Waals surface area contributed by atoms with Gasteiger partial charge >= 0.3 is 0 Å². The van der Waals surface area contributed by atoms with Gasteiger partial charge in [-0.3, -0.25) is 4.90 Å². The lowest BCUT2D eigenvalue weighted by molar-refractivity contribution is 0.0794. The topological polar surface area (TPSA) is 110 Å². The summed E-state index contributed by atoms with van der Waals surface area (Å²) in [6.07, 6.45) is -0.959. The van der Waals surface area contributed by atoms with Crippen molar-refractivity contribution in [2.45, 2.75) is 78.0 Å². The van der Waals surface area contributed by atoms with Crippen LogP contribution in [0.25, 0.3) is 0 Å². The molecule has 1 rings (SSSR count). The summed E-state index contributed by atoms with van der Waals surface area (Å²) in [6, 6.07) is 4.08. The molecule has 0 saturated heterocycles. The first kappa shape index (κ1) is 23.0. The van der Waals surface area contributed by atoms with Gasteiger partial charge in [-0.1, -0.05) is 12.1 Å². The van der Waals surface area contributed by atoms with Gasteiger partial charge in [0, 0.05) is 26.2 Å². The standard InChI is InChI=1S/C20H36N2O4/c1-13(23)5-18-7-17(8-19(6-14(2)24)20(18)9-21)12-22(10-15(3)25)11-16(4)26/h7-8,13-16,23-26H,5-6,9-12,21H2,1-4H3. The number of aliphatic hydroxyl groups is 4. The molecule has 0 bridgehead atoms. The first-order chi connectivity index (χ1) is 12.1. The zero-order valence-corrected chi connectivity index (χ0v) is 16.5. The van der Waals surface area contributed by atoms with E-state index in [1.54, 1.807) is 27.7 Å². The van der Waals surface area contributed by atoms with Crippen molar-refractivity contribution in [3.05, 3.63) is 34.4 Å². The van der Waals surface area contributed by atoms with Crippen LogP contribution in [0.2, 0.25) is 0 Å². The molecule has 6 nitrogen and oxygen atoms in total. The molecule has 150 valence electrons. The van der Waals surface area contributed by atoms with Gasteiger partial charge in [-0.15, -0.1) is 0 Å². The molecule has 0 aliphatic heterocycles. The van der Waals surface area contributed by atoms with Crippen molar-refractivity contribution < 1.29 is 20.4 Å². The van der Waals surface area contributed by atoms with E-state index in [9.17, 15) is 20.4 Å². The van der Waals surface area contributed by atoms with E-state index < -0.39 is 24.4 Å². The van der Waals surface area contributed by atoms with Crippen molar-refractivity contribution in [3.63, 3.8) is 0 Å². The number of nitrogens with zero attached hydrogens (tertiary/aromatic N) is 1. The van der Waals surface area contributed by atoms with Crippen molar-refractivity contribution in [3.8, 4) is 0 Å². The lowest BCUT2D eigenvalue weighted by Gasteiger charge is -2.26. The van der Waals surface area contributed by atoms with E-state index in [2.05, 4.69) is 0 Å². The Morgan fingerprint density at radius 2 is 1.23 bits per heavy atom. The zero-order chi connectivity index (χ0) is 19.9. The van der Waals surface area contributed by atoms with Crippen molar-refractivity contribution in [1.29, 1.82) is 0 Å². The molecule has 0 aromatic heterocycles. The molecule has 0 fully saturated rings. The number of hydrogen-bond acceptors (Lipinski definition) is 6. The van der Waals surface area contributed by atoms with E-state index in [0.717, 1.165) is 22.3 Å². The quantitative estimate of drug-likeness (QED) is 0.390. The Hall–Kier alpha value is -1.02. The monoisotopic (exact) mass is 368 g/mol. The Labute approximate surface area is 157 Å². The Morgan fingerprint density at radius 3 is 1.54 bits per heavy atom. The third-order valence-electron chi connectivity index (χ3n) is 4.18. The molecule has 0 saturated carbocycles. The smallest absolute Gasteiger partial charge is 0.0639 e. The van der Waals surface area contributed by atoms with E-state index in [0.29, 0.717) is 39.0 Å². The Morgan fingerprint density at radius 1 is 0.808 bits per heavy atom. The van der Waals surface area contributed by atoms with Crippen molar-refractivity contribution in [2.75, 3.05) is 13.1 Å². The minimum Gasteiger partial charge on any atom is -0.393 e. The summed E-state index contributed by atoms with van der Waals surface area (Å²) in [6.45, 7) is 8.79. The maximum Gasteiger partial charge on any atom is 0.0639 e. The molecule has 0 spiro atoms. The second-order valence-corrected chi connectivity index (χ2v) is 7.60. The lowest BCUT2D eigenvalue weighted by atomic mass is 9.91. The van der Waals surface area contributed by atoms with Gasteiger partial charge in [0.2, 0.25) is 0 Å². The third kappa shape index (κ3) is 8.12. The van der Waals surface area contributed by atoms with Gasteiger partial charge in [0.1, 0.15) is 0 Å². The third-order valence-corrected chi connectivity index (χ3v) is 4.18. The van der Waals surface area contributed by atoms with E-state index in [-0.39, 0.29) is 0 Å². The van der Waals surface area contributed by atoms with Crippen LogP contribution in [-0.2, 0) is 25.9 Å². The van der Waals surface area contributed by atoms with Crippen LogP contribution < -0.4 is 5.73 Å². The highest BCUT2D eigenvalue weighted by Gasteiger charge is 2.17. The molecule has 1 aromatic carbocycles. The first-order valence-corrected chi connectivity index (χ1v) is 9.40. The van der Waals surface area contributed by atoms with Crippen LogP contribution in [-0.4, -0.2) is 62.8 Å². The summed E-state index contributed by atoms with van der Waals surface area (Å²) >= 11 is 0. The molecule has 4 unspecified atom stereocenters. The molecule has 6 heteroatoms. The SMILES string of the molecule is CC(O)Cc1cc(CN(CC(C)O)CC(C)O)cc(CC(C)O)c1CN. The second kappa shape index (κ2) is 11.0. The van der Waals surface area contributed by atoms with E-state index in [4.69, 9.17) is 5.73 Å². The van der Waals surface area contributed by atoms with Crippen LogP contribution in [0.15, 0.2) is 12.1 Å². The maximum absolute atomic E-state index is 9.84. The van der Waals surface area contributed by atoms with E-state index in [1.807, 2.05) is 17.0 Å². The van der Waals surface area contributed by atoms with Gasteiger partial charge in [0.05, 0.1) is 24.4 Å². The fourth-order valence-corrected chi connectivity index (χ4v) is 3.43. The van der Waals surface area contributed by atoms with Crippen LogP contribution in [0.4, 0.5) is 0 Å². The van der Waals surface area contributed by atoms with E-state index >= 15 is 0 Å². The highest BCUT2D eigenvalue weighted by molar-refractivity contribution is 5.40. The molecule has 6 N–H and O–H groups in total. The highest BCUT2D eigenvalue weighted by atomic mass is 16.3. The van der Waals surface area contributed by atoms with Crippen molar-refractivity contribution >= 4 is 0 Å². The average molecular weight is 369 g/mol. The Kier molecular flexibility index (Phi) is 9.71. The van der Waals surface area contributed by atoms with Gasteiger partial charge < -0.3 is 26.2 Å². The molecule has 4 atom stereocenters. The molecular weight excluding hydrogens is 332 g/mol. The van der Waals surface area contributed by atoms with Crippen molar-refractivity contribution in [1.82, 2.24) is 4.90 Å². The van der Waals surface area contributed by atoms with Crippen LogP contribution in [0.5, 0.6) is 0 Å². The van der Waals surface area contributed by atoms with Crippen LogP contribution in [0.3, 0.4) is 0 Å². The minimum atomic E-state index is -0.495. The fraction of sp³-hybridized carbons (Fsp3) is 0.700. The summed E-state index contributed by atoms with van der Waals surface area (Å²) in [5, 5.41) is 39.2. The first-order valence-electron chi connectivity index (χ1n) is 9.40. The molecule has 1 aromatic rings. The van der Waals surface area contributed by atoms with Crippen LogP contribution in [0.1, 0.15) is 49.9 Å². The van der Waals surface area contributed by atoms with E-state index in [1.165, 1.54) is 0 Å². The molecule has 0 radical (unpaired) electrons. The van der Waals surface area contributed by atoms with Gasteiger partial charge in [-0.05, 0) is 62.8 Å². The highest BCUT2D eigenvalue weighted by Crippen LogP contribution is 2.22. The molecule has 26 heavy (non-hydrogen) atoms. The number of benzene rings is 1. The van der Waals surface area contributed by atoms with Crippen LogP contribution >= 0.6 is 0 Å². The van der Waals surface area contributed by atoms with Crippen molar-refractivity contribution in [2.24, 2.45) is 5.73 Å². The van der Waals surface area contributed by atoms with Gasteiger partial charge in [-0.25, -0.2) is 0 Å². The Balaban J connectivity index is 3.21. The number of hydrogen-bond donors (Lipinski definition) is 5. The molecular formula is C20H36N2O4. The average Bonchev–Trinajstić information content (AvgIpc) is 2.44. The summed E-state index contributed by atoms with van der Waals surface area (Å²) in [5.41, 5.74) is 9.93. The zero-order valence-electron chi connectivity index (χ0n) is 16.5. The van der Waals surface area contributed by atoms with Gasteiger partial charge in [0.15, 0.2) is 0 Å². The lowest BCUT2D eigenvalue weighted by Crippen LogP contribution is -2.36. The molecule has 0 aliphatic rings. The molecule has 0 aliphatic carbocycles. The largest absolute Gasteiger partial charge is 0.393 e. The number of aliphatic hydroxyl groups excluding tert-OH is 4. The molecule has 0 amide bonds. The maximum atomic E-state index is 9.84. The van der Waals surface area contributed by atoms with Gasteiger partial charge in [-0.2, -0.15) is 0 Å². The predicted molar refractivity (Wildman–Crippen MR) is 104 cm³/mol. The number of nitrogens with two attached hydrogens (primary N) is 1. The fourth-order valence-electron chi connectivity index (χ4n) is 3.43. The van der Waals surface area contributed by atoms with Crippen LogP contribution in [0, 0.1) is 0 Å². The van der Waals surface area contributed by atoms with Gasteiger partial charge in [0.25, 0.3) is 0 Å².